The predicted octanol–water partition coefficient (Wildman–Crippen LogP) is 5.21. The Kier molecular flexibility index (Phi) is 8.43. The molecule has 0 aliphatic heterocycles. The maximum atomic E-state index is 13.2. The molecule has 1 N–H and O–H groups in total. The van der Waals surface area contributed by atoms with E-state index < -0.39 is 10.0 Å². The summed E-state index contributed by atoms with van der Waals surface area (Å²) in [5.74, 6) is 0.274. The van der Waals surface area contributed by atoms with Crippen LogP contribution in [0.2, 0.25) is 5.02 Å². The SMILES string of the molecule is O=C(CN(c1ccc(Br)cc1)S(=O)(=O)c1ccccc1)NCCSc1ccc(Cl)cc1. The number of carbonyl (C=O) groups is 1. The Balaban J connectivity index is 1.67. The molecule has 9 heteroatoms. The smallest absolute Gasteiger partial charge is 0.264 e. The van der Waals surface area contributed by atoms with E-state index in [9.17, 15) is 13.2 Å². The number of sulfonamides is 1. The van der Waals surface area contributed by atoms with Crippen LogP contribution >= 0.6 is 39.3 Å². The molecule has 3 rings (SSSR count). The molecule has 0 saturated carbocycles. The summed E-state index contributed by atoms with van der Waals surface area (Å²) in [6.07, 6.45) is 0. The van der Waals surface area contributed by atoms with Crippen molar-refractivity contribution in [3.63, 3.8) is 0 Å². The highest BCUT2D eigenvalue weighted by atomic mass is 79.9. The van der Waals surface area contributed by atoms with Gasteiger partial charge < -0.3 is 5.32 Å². The van der Waals surface area contributed by atoms with Crippen molar-refractivity contribution >= 4 is 60.9 Å². The number of carbonyl (C=O) groups excluding carboxylic acids is 1. The molecule has 0 aliphatic rings. The Bertz CT molecular complexity index is 1110. The molecule has 3 aromatic carbocycles. The first-order valence-corrected chi connectivity index (χ1v) is 12.9. The molecule has 0 atom stereocenters. The van der Waals surface area contributed by atoms with Crippen LogP contribution in [-0.2, 0) is 14.8 Å². The molecule has 0 saturated heterocycles. The average molecular weight is 540 g/mol. The minimum atomic E-state index is -3.90. The lowest BCUT2D eigenvalue weighted by atomic mass is 10.3. The van der Waals surface area contributed by atoms with E-state index in [1.807, 2.05) is 24.3 Å². The van der Waals surface area contributed by atoms with Crippen LogP contribution in [-0.4, -0.2) is 33.2 Å². The van der Waals surface area contributed by atoms with E-state index in [0.717, 1.165) is 13.7 Å². The van der Waals surface area contributed by atoms with Gasteiger partial charge >= 0.3 is 0 Å². The van der Waals surface area contributed by atoms with E-state index in [0.29, 0.717) is 23.0 Å². The highest BCUT2D eigenvalue weighted by Gasteiger charge is 2.26. The van der Waals surface area contributed by atoms with Gasteiger partial charge in [0, 0.05) is 26.7 Å². The van der Waals surface area contributed by atoms with Crippen molar-refractivity contribution in [1.82, 2.24) is 5.32 Å². The van der Waals surface area contributed by atoms with Gasteiger partial charge in [-0.25, -0.2) is 8.42 Å². The standard InChI is InChI=1S/C22H20BrClN2O3S2/c23-17-6-10-19(11-7-17)26(31(28,29)21-4-2-1-3-5-21)16-22(27)25-14-15-30-20-12-8-18(24)9-13-20/h1-13H,14-16H2,(H,25,27). The van der Waals surface area contributed by atoms with Crippen LogP contribution in [0.3, 0.4) is 0 Å². The van der Waals surface area contributed by atoms with Gasteiger partial charge in [-0.3, -0.25) is 9.10 Å². The van der Waals surface area contributed by atoms with E-state index in [1.54, 1.807) is 54.2 Å². The van der Waals surface area contributed by atoms with Gasteiger partial charge in [0.05, 0.1) is 10.6 Å². The van der Waals surface area contributed by atoms with Crippen molar-refractivity contribution in [2.24, 2.45) is 0 Å². The third-order valence-corrected chi connectivity index (χ3v) is 7.82. The minimum Gasteiger partial charge on any atom is -0.354 e. The molecule has 0 aromatic heterocycles. The molecule has 31 heavy (non-hydrogen) atoms. The molecular weight excluding hydrogens is 520 g/mol. The zero-order valence-corrected chi connectivity index (χ0v) is 20.3. The van der Waals surface area contributed by atoms with Crippen molar-refractivity contribution in [2.75, 3.05) is 23.1 Å². The number of thioether (sulfide) groups is 1. The predicted molar refractivity (Wildman–Crippen MR) is 130 cm³/mol. The molecule has 0 aliphatic carbocycles. The lowest BCUT2D eigenvalue weighted by Gasteiger charge is -2.24. The molecule has 162 valence electrons. The van der Waals surface area contributed by atoms with Crippen LogP contribution in [0.4, 0.5) is 5.69 Å². The number of rotatable bonds is 9. The van der Waals surface area contributed by atoms with E-state index in [2.05, 4.69) is 21.2 Å². The zero-order valence-electron chi connectivity index (χ0n) is 16.4. The van der Waals surface area contributed by atoms with Gasteiger partial charge in [-0.2, -0.15) is 0 Å². The number of anilines is 1. The number of amides is 1. The van der Waals surface area contributed by atoms with Crippen molar-refractivity contribution < 1.29 is 13.2 Å². The highest BCUT2D eigenvalue weighted by molar-refractivity contribution is 9.10. The Labute approximate surface area is 200 Å². The van der Waals surface area contributed by atoms with E-state index in [-0.39, 0.29) is 17.3 Å². The molecule has 0 spiro atoms. The van der Waals surface area contributed by atoms with Crippen LogP contribution in [0, 0.1) is 0 Å². The average Bonchev–Trinajstić information content (AvgIpc) is 2.77. The fourth-order valence-corrected chi connectivity index (χ4v) is 5.32. The first kappa shape index (κ1) is 23.7. The first-order valence-electron chi connectivity index (χ1n) is 9.35. The van der Waals surface area contributed by atoms with Gasteiger partial charge in [-0.1, -0.05) is 45.7 Å². The maximum absolute atomic E-state index is 13.2. The van der Waals surface area contributed by atoms with E-state index in [4.69, 9.17) is 11.6 Å². The van der Waals surface area contributed by atoms with E-state index >= 15 is 0 Å². The quantitative estimate of drug-likeness (QED) is 0.300. The number of benzene rings is 3. The van der Waals surface area contributed by atoms with Crippen LogP contribution in [0.1, 0.15) is 0 Å². The maximum Gasteiger partial charge on any atom is 0.264 e. The summed E-state index contributed by atoms with van der Waals surface area (Å²) >= 11 is 10.8. The summed E-state index contributed by atoms with van der Waals surface area (Å²) in [7, 11) is -3.90. The summed E-state index contributed by atoms with van der Waals surface area (Å²) < 4.78 is 28.4. The number of nitrogens with zero attached hydrogens (tertiary/aromatic N) is 1. The number of hydrogen-bond donors (Lipinski definition) is 1. The number of halogens is 2. The normalized spacial score (nSPS) is 11.2. The van der Waals surface area contributed by atoms with Crippen molar-refractivity contribution in [3.8, 4) is 0 Å². The topological polar surface area (TPSA) is 66.5 Å². The van der Waals surface area contributed by atoms with E-state index in [1.165, 1.54) is 12.1 Å². The molecule has 5 nitrogen and oxygen atoms in total. The molecule has 0 heterocycles. The second-order valence-corrected chi connectivity index (χ2v) is 10.8. The van der Waals surface area contributed by atoms with Crippen LogP contribution < -0.4 is 9.62 Å². The third-order valence-electron chi connectivity index (χ3n) is 4.24. The molecule has 0 unspecified atom stereocenters. The van der Waals surface area contributed by atoms with Gasteiger partial charge in [0.1, 0.15) is 6.54 Å². The highest BCUT2D eigenvalue weighted by Crippen LogP contribution is 2.25. The summed E-state index contributed by atoms with van der Waals surface area (Å²) in [5, 5.41) is 3.47. The van der Waals surface area contributed by atoms with Crippen molar-refractivity contribution in [3.05, 3.63) is 88.4 Å². The van der Waals surface area contributed by atoms with Crippen LogP contribution in [0.5, 0.6) is 0 Å². The van der Waals surface area contributed by atoms with Crippen molar-refractivity contribution in [2.45, 2.75) is 9.79 Å². The lowest BCUT2D eigenvalue weighted by Crippen LogP contribution is -2.41. The summed E-state index contributed by atoms with van der Waals surface area (Å²) in [6.45, 7) is 0.0934. The Morgan fingerprint density at radius 2 is 1.61 bits per heavy atom. The van der Waals surface area contributed by atoms with Gasteiger partial charge in [-0.15, -0.1) is 11.8 Å². The molecule has 0 fully saturated rings. The molecule has 3 aromatic rings. The lowest BCUT2D eigenvalue weighted by molar-refractivity contribution is -0.119. The minimum absolute atomic E-state index is 0.129. The number of nitrogens with one attached hydrogen (secondary N) is 1. The largest absolute Gasteiger partial charge is 0.354 e. The summed E-state index contributed by atoms with van der Waals surface area (Å²) in [5.41, 5.74) is 0.415. The van der Waals surface area contributed by atoms with Crippen LogP contribution in [0.25, 0.3) is 0 Å². The van der Waals surface area contributed by atoms with Gasteiger partial charge in [0.2, 0.25) is 5.91 Å². The summed E-state index contributed by atoms with van der Waals surface area (Å²) in [6, 6.07) is 22.3. The monoisotopic (exact) mass is 538 g/mol. The molecule has 0 radical (unpaired) electrons. The zero-order chi connectivity index (χ0) is 22.3. The Hall–Kier alpha value is -2.00. The number of hydrogen-bond acceptors (Lipinski definition) is 4. The second-order valence-electron chi connectivity index (χ2n) is 6.45. The Morgan fingerprint density at radius 1 is 0.968 bits per heavy atom. The third kappa shape index (κ3) is 6.74. The second kappa shape index (κ2) is 11.0. The van der Waals surface area contributed by atoms with Gasteiger partial charge in [0.15, 0.2) is 0 Å². The van der Waals surface area contributed by atoms with Gasteiger partial charge in [-0.05, 0) is 60.7 Å². The summed E-state index contributed by atoms with van der Waals surface area (Å²) in [4.78, 5) is 13.7. The molecule has 0 bridgehead atoms. The Morgan fingerprint density at radius 3 is 2.26 bits per heavy atom. The molecular formula is C22H20BrClN2O3S2. The fraction of sp³-hybridized carbons (Fsp3) is 0.136. The fourth-order valence-electron chi connectivity index (χ4n) is 2.72. The van der Waals surface area contributed by atoms with Crippen LogP contribution in [0.15, 0.2) is 93.1 Å². The van der Waals surface area contributed by atoms with Gasteiger partial charge in [0.25, 0.3) is 10.0 Å². The molecule has 1 amide bonds. The first-order chi connectivity index (χ1) is 14.9. The van der Waals surface area contributed by atoms with Crippen molar-refractivity contribution in [1.29, 1.82) is 0 Å².